The van der Waals surface area contributed by atoms with E-state index in [1.54, 1.807) is 6.08 Å². The lowest BCUT2D eigenvalue weighted by Crippen LogP contribution is -2.66. The molecule has 3 aliphatic rings. The maximum atomic E-state index is 13.5. The summed E-state index contributed by atoms with van der Waals surface area (Å²) in [5, 5.41) is 121. The molecule has 17 atom stereocenters. The minimum atomic E-state index is -1.99. The van der Waals surface area contributed by atoms with Crippen LogP contribution >= 0.6 is 0 Å². The van der Waals surface area contributed by atoms with E-state index >= 15 is 0 Å². The topological polar surface area (TPSA) is 307 Å². The molecule has 3 aliphatic heterocycles. The van der Waals surface area contributed by atoms with Gasteiger partial charge in [0, 0.05) is 6.42 Å². The first-order valence-corrected chi connectivity index (χ1v) is 43.6. The predicted molar refractivity (Wildman–Crippen MR) is 447 cm³/mol. The molecule has 1 amide bonds. The molecule has 0 bridgehead atoms. The second-order valence-corrected chi connectivity index (χ2v) is 30.3. The number of hydrogen-bond donors (Lipinski definition) is 12. The Kier molecular flexibility index (Phi) is 63.5. The van der Waals surface area contributed by atoms with E-state index < -0.39 is 124 Å². The first-order chi connectivity index (χ1) is 54.3. The van der Waals surface area contributed by atoms with Crippen molar-refractivity contribution in [2.75, 3.05) is 26.4 Å². The third-order valence-electron chi connectivity index (χ3n) is 20.6. The van der Waals surface area contributed by atoms with Gasteiger partial charge in [-0.2, -0.15) is 0 Å². The molecular formula is C92H155NO18. The molecule has 17 unspecified atom stereocenters. The van der Waals surface area contributed by atoms with Crippen LogP contribution in [0.5, 0.6) is 0 Å². The lowest BCUT2D eigenvalue weighted by molar-refractivity contribution is -0.379. The number of unbranched alkanes of at least 4 members (excludes halogenated alkanes) is 30. The fourth-order valence-electron chi connectivity index (χ4n) is 13.7. The molecule has 0 aromatic heterocycles. The Morgan fingerprint density at radius 2 is 0.622 bits per heavy atom. The van der Waals surface area contributed by atoms with Crippen LogP contribution in [0.3, 0.4) is 0 Å². The molecule has 0 radical (unpaired) electrons. The van der Waals surface area contributed by atoms with Gasteiger partial charge in [-0.05, 0) is 103 Å². The number of hydrogen-bond acceptors (Lipinski definition) is 18. The summed E-state index contributed by atoms with van der Waals surface area (Å²) in [5.41, 5.74) is 0. The van der Waals surface area contributed by atoms with Crippen molar-refractivity contribution in [3.8, 4) is 0 Å². The summed E-state index contributed by atoms with van der Waals surface area (Å²) in [6, 6.07) is -1.00. The van der Waals surface area contributed by atoms with Gasteiger partial charge in [0.25, 0.3) is 0 Å². The molecule has 0 saturated carbocycles. The third kappa shape index (κ3) is 48.7. The summed E-state index contributed by atoms with van der Waals surface area (Å²) >= 11 is 0. The normalized spacial score (nSPS) is 25.8. The average molecular weight is 1560 g/mol. The lowest BCUT2D eigenvalue weighted by atomic mass is 9.96. The predicted octanol–water partition coefficient (Wildman–Crippen LogP) is 16.2. The van der Waals surface area contributed by atoms with Crippen LogP contribution in [0.2, 0.25) is 0 Å². The Labute approximate surface area is 670 Å². The van der Waals surface area contributed by atoms with E-state index in [1.807, 2.05) is 6.08 Å². The summed E-state index contributed by atoms with van der Waals surface area (Å²) in [5.74, 6) is -0.310. The van der Waals surface area contributed by atoms with Gasteiger partial charge < -0.3 is 89.9 Å². The molecule has 0 aromatic rings. The van der Waals surface area contributed by atoms with Gasteiger partial charge in [-0.3, -0.25) is 4.79 Å². The minimum Gasteiger partial charge on any atom is -0.394 e. The Hall–Kier alpha value is -4.33. The number of carbonyl (C=O) groups is 1. The molecule has 0 aromatic carbocycles. The molecule has 3 heterocycles. The van der Waals surface area contributed by atoms with Crippen molar-refractivity contribution in [1.29, 1.82) is 0 Å². The minimum absolute atomic E-state index is 0.194. The van der Waals surface area contributed by atoms with Gasteiger partial charge in [0.1, 0.15) is 73.2 Å². The molecule has 19 heteroatoms. The third-order valence-corrected chi connectivity index (χ3v) is 20.6. The van der Waals surface area contributed by atoms with E-state index in [2.05, 4.69) is 153 Å². The van der Waals surface area contributed by atoms with Crippen LogP contribution in [-0.2, 0) is 33.2 Å². The highest BCUT2D eigenvalue weighted by atomic mass is 16.8. The standard InChI is InChI=1S/C92H155NO18/c1-3-5-7-9-11-13-15-17-19-21-23-25-27-29-31-33-34-35-36-37-38-39-40-42-44-46-48-50-52-54-56-58-60-62-64-66-68-70-80(98)93-75(76(97)69-67-65-63-61-59-57-55-53-51-49-47-45-43-41-32-30-28-26-24-22-20-18-16-14-12-10-8-6-4-2)74-106-90-86(104)83(101)88(78(72-95)108-90)111-92-87(105)84(102)89(79(73-96)109-92)110-91-85(103)82(100)81(99)77(71-94)107-91/h5,7,11,13,17,19,23,25,29,31,34-35,37-38,40,42,46,48,52,54,58,60,67,69,75-79,81-92,94-97,99-105H,3-4,6,8-10,12,14-16,18,20-22,24,26-28,30,32-33,36,39,41,43-45,47,49-51,53,55-57,59,61-66,68,70-74H2,1-2H3,(H,93,98)/b7-5-,13-11-,19-17-,25-23-,31-29-,35-34-,38-37-,42-40-,48-46-,54-52-,60-58-,69-67+. The number of amides is 1. The highest BCUT2D eigenvalue weighted by Gasteiger charge is 2.54. The molecule has 636 valence electrons. The van der Waals surface area contributed by atoms with Crippen LogP contribution in [-0.4, -0.2) is 193 Å². The van der Waals surface area contributed by atoms with Crippen LogP contribution in [0, 0.1) is 0 Å². The average Bonchev–Trinajstić information content (AvgIpc) is 0.779. The van der Waals surface area contributed by atoms with Crippen molar-refractivity contribution < 1.29 is 89.4 Å². The zero-order valence-electron chi connectivity index (χ0n) is 68.4. The highest BCUT2D eigenvalue weighted by Crippen LogP contribution is 2.33. The zero-order chi connectivity index (χ0) is 80.3. The molecule has 0 aliphatic carbocycles. The number of carbonyl (C=O) groups excluding carboxylic acids is 1. The number of ether oxygens (including phenoxy) is 6. The van der Waals surface area contributed by atoms with E-state index in [0.29, 0.717) is 6.42 Å². The Balaban J connectivity index is 1.37. The molecule has 12 N–H and O–H groups in total. The van der Waals surface area contributed by atoms with Crippen molar-refractivity contribution in [2.24, 2.45) is 0 Å². The van der Waals surface area contributed by atoms with E-state index in [-0.39, 0.29) is 18.9 Å². The van der Waals surface area contributed by atoms with Gasteiger partial charge in [-0.25, -0.2) is 0 Å². The maximum Gasteiger partial charge on any atom is 0.220 e. The summed E-state index contributed by atoms with van der Waals surface area (Å²) in [4.78, 5) is 13.5. The first-order valence-electron chi connectivity index (χ1n) is 43.6. The second-order valence-electron chi connectivity index (χ2n) is 30.3. The van der Waals surface area contributed by atoms with Gasteiger partial charge >= 0.3 is 0 Å². The van der Waals surface area contributed by atoms with E-state index in [4.69, 9.17) is 28.4 Å². The van der Waals surface area contributed by atoms with Crippen molar-refractivity contribution in [3.05, 3.63) is 146 Å². The number of rotatable bonds is 68. The van der Waals surface area contributed by atoms with Crippen LogP contribution in [0.15, 0.2) is 146 Å². The number of aliphatic hydroxyl groups is 11. The summed E-state index contributed by atoms with van der Waals surface area (Å²) in [6.45, 7) is 1.62. The largest absolute Gasteiger partial charge is 0.394 e. The zero-order valence-corrected chi connectivity index (χ0v) is 68.4. The molecular weight excluding hydrogens is 1410 g/mol. The van der Waals surface area contributed by atoms with E-state index in [1.165, 1.54) is 154 Å². The fourth-order valence-corrected chi connectivity index (χ4v) is 13.7. The molecule has 111 heavy (non-hydrogen) atoms. The Bertz CT molecular complexity index is 2580. The monoisotopic (exact) mass is 1560 g/mol. The van der Waals surface area contributed by atoms with Crippen molar-refractivity contribution in [1.82, 2.24) is 5.32 Å². The molecule has 3 rings (SSSR count). The number of aliphatic hydroxyl groups excluding tert-OH is 11. The van der Waals surface area contributed by atoms with Crippen molar-refractivity contribution in [2.45, 2.75) is 401 Å². The quantitative estimate of drug-likeness (QED) is 0.0199. The lowest BCUT2D eigenvalue weighted by Gasteiger charge is -2.48. The summed E-state index contributed by atoms with van der Waals surface area (Å²) in [7, 11) is 0. The Morgan fingerprint density at radius 3 is 0.973 bits per heavy atom. The molecule has 0 spiro atoms. The van der Waals surface area contributed by atoms with Crippen LogP contribution in [0.25, 0.3) is 0 Å². The second kappa shape index (κ2) is 69.9. The molecule has 19 nitrogen and oxygen atoms in total. The number of nitrogens with one attached hydrogen (secondary N) is 1. The van der Waals surface area contributed by atoms with Crippen LogP contribution in [0.4, 0.5) is 0 Å². The summed E-state index contributed by atoms with van der Waals surface area (Å²) in [6.07, 6.45) is 75.5. The van der Waals surface area contributed by atoms with E-state index in [0.717, 1.165) is 116 Å². The first kappa shape index (κ1) is 101. The van der Waals surface area contributed by atoms with Crippen molar-refractivity contribution in [3.63, 3.8) is 0 Å². The van der Waals surface area contributed by atoms with Crippen molar-refractivity contribution >= 4 is 5.91 Å². The van der Waals surface area contributed by atoms with E-state index in [9.17, 15) is 61.0 Å². The smallest absolute Gasteiger partial charge is 0.220 e. The number of allylic oxidation sites excluding steroid dienone is 23. The summed E-state index contributed by atoms with van der Waals surface area (Å²) < 4.78 is 34.5. The van der Waals surface area contributed by atoms with Gasteiger partial charge in [-0.15, -0.1) is 0 Å². The van der Waals surface area contributed by atoms with Gasteiger partial charge in [0.05, 0.1) is 38.6 Å². The highest BCUT2D eigenvalue weighted by molar-refractivity contribution is 5.76. The van der Waals surface area contributed by atoms with Gasteiger partial charge in [0.2, 0.25) is 5.91 Å². The Morgan fingerprint density at radius 1 is 0.333 bits per heavy atom. The molecule has 3 saturated heterocycles. The van der Waals surface area contributed by atoms with Gasteiger partial charge in [0.15, 0.2) is 18.9 Å². The van der Waals surface area contributed by atoms with Crippen LogP contribution < -0.4 is 5.32 Å². The fraction of sp³-hybridized carbons (Fsp3) is 0.728. The van der Waals surface area contributed by atoms with Gasteiger partial charge in [-0.1, -0.05) is 333 Å². The maximum absolute atomic E-state index is 13.5. The van der Waals surface area contributed by atoms with Crippen LogP contribution in [0.1, 0.15) is 296 Å². The SMILES string of the molecule is CC/C=C\C/C=C\C/C=C\C/C=C\C/C=C\C/C=C\C/C=C\C/C=C\C/C=C\C/C=C\C/C=C\CCCCCC(=O)NC(COC1OC(CO)C(OC2OC(CO)C(OC3OC(CO)C(O)C(O)C3O)C(O)C2O)C(O)C1O)C(O)/C=C/CCCCCCCCCCCCCCCCCCCCCCCCCCCCC. The molecule has 3 fully saturated rings.